The zero-order valence-electron chi connectivity index (χ0n) is 17.4. The number of nitrogens with zero attached hydrogens (tertiary/aromatic N) is 1. The molecule has 3 aromatic carbocycles. The molecule has 172 valence electrons. The molecule has 3 aromatic rings. The lowest BCUT2D eigenvalue weighted by atomic mass is 10.1. The molecule has 0 unspecified atom stereocenters. The summed E-state index contributed by atoms with van der Waals surface area (Å²) in [5.74, 6) is -0.727. The molecule has 6 nitrogen and oxygen atoms in total. The van der Waals surface area contributed by atoms with Gasteiger partial charge in [0.05, 0.1) is 28.3 Å². The Kier molecular flexibility index (Phi) is 7.19. The highest BCUT2D eigenvalue weighted by molar-refractivity contribution is 8.19. The first-order valence-electron chi connectivity index (χ1n) is 9.65. The summed E-state index contributed by atoms with van der Waals surface area (Å²) in [7, 11) is 1.42. The lowest BCUT2D eigenvalue weighted by Crippen LogP contribution is -2.27. The highest BCUT2D eigenvalue weighted by Gasteiger charge is 2.36. The van der Waals surface area contributed by atoms with Crippen molar-refractivity contribution in [2.75, 3.05) is 12.0 Å². The molecule has 0 spiro atoms. The maximum Gasteiger partial charge on any atom is 0.345 e. The highest BCUT2D eigenvalue weighted by Crippen LogP contribution is 2.37. The quantitative estimate of drug-likeness (QED) is 0.197. The van der Waals surface area contributed by atoms with Gasteiger partial charge in [-0.25, -0.2) is 9.69 Å². The monoisotopic (exact) mass is 533 g/mol. The fourth-order valence-corrected chi connectivity index (χ4v) is 4.55. The Labute approximate surface area is 214 Å². The van der Waals surface area contributed by atoms with Gasteiger partial charge in [0.15, 0.2) is 11.5 Å². The third-order valence-electron chi connectivity index (χ3n) is 4.72. The van der Waals surface area contributed by atoms with E-state index in [1.165, 1.54) is 31.4 Å². The number of benzene rings is 3. The van der Waals surface area contributed by atoms with Gasteiger partial charge in [0.25, 0.3) is 11.1 Å². The molecule has 2 amide bonds. The van der Waals surface area contributed by atoms with Gasteiger partial charge in [-0.1, -0.05) is 40.9 Å². The van der Waals surface area contributed by atoms with E-state index in [1.807, 2.05) is 0 Å². The van der Waals surface area contributed by atoms with E-state index < -0.39 is 17.1 Å². The molecule has 1 saturated heterocycles. The van der Waals surface area contributed by atoms with Crippen LogP contribution in [0.25, 0.3) is 6.08 Å². The van der Waals surface area contributed by atoms with Gasteiger partial charge >= 0.3 is 5.97 Å². The molecule has 0 radical (unpaired) electrons. The lowest BCUT2D eigenvalue weighted by Gasteiger charge is -2.12. The van der Waals surface area contributed by atoms with Crippen LogP contribution in [0.15, 0.2) is 65.6 Å². The van der Waals surface area contributed by atoms with Crippen LogP contribution in [-0.2, 0) is 4.79 Å². The number of imide groups is 1. The summed E-state index contributed by atoms with van der Waals surface area (Å²) in [4.78, 5) is 39.1. The first-order valence-corrected chi connectivity index (χ1v) is 11.6. The van der Waals surface area contributed by atoms with Crippen LogP contribution in [-0.4, -0.2) is 24.2 Å². The molecule has 4 rings (SSSR count). The molecule has 0 aromatic heterocycles. The number of halogens is 3. The maximum absolute atomic E-state index is 12.8. The lowest BCUT2D eigenvalue weighted by molar-refractivity contribution is -0.113. The Morgan fingerprint density at radius 2 is 1.62 bits per heavy atom. The van der Waals surface area contributed by atoms with Crippen molar-refractivity contribution in [2.24, 2.45) is 0 Å². The Balaban J connectivity index is 1.56. The fourth-order valence-electron chi connectivity index (χ4n) is 3.10. The van der Waals surface area contributed by atoms with Crippen LogP contribution in [0.4, 0.5) is 10.5 Å². The summed E-state index contributed by atoms with van der Waals surface area (Å²) >= 11 is 18.7. The molecule has 1 fully saturated rings. The molecule has 1 heterocycles. The SMILES string of the molecule is COc1cc(/C=C2\SC(=O)N(c3ccc(Cl)cc3)C2=O)ccc1OC(=O)c1ccc(Cl)cc1Cl. The third kappa shape index (κ3) is 5.08. The number of rotatable bonds is 5. The summed E-state index contributed by atoms with van der Waals surface area (Å²) < 4.78 is 10.8. The number of anilines is 1. The predicted molar refractivity (Wildman–Crippen MR) is 134 cm³/mol. The second-order valence-electron chi connectivity index (χ2n) is 6.92. The van der Waals surface area contributed by atoms with Crippen molar-refractivity contribution in [3.8, 4) is 11.5 Å². The van der Waals surface area contributed by atoms with Gasteiger partial charge in [-0.3, -0.25) is 9.59 Å². The Morgan fingerprint density at radius 1 is 0.912 bits per heavy atom. The highest BCUT2D eigenvalue weighted by atomic mass is 35.5. The summed E-state index contributed by atoms with van der Waals surface area (Å²) in [5, 5.41) is 0.627. The maximum atomic E-state index is 12.8. The summed E-state index contributed by atoms with van der Waals surface area (Å²) in [6.07, 6.45) is 1.56. The molecule has 1 aliphatic rings. The number of carbonyl (C=O) groups excluding carboxylic acids is 3. The van der Waals surface area contributed by atoms with Crippen LogP contribution >= 0.6 is 46.6 Å². The smallest absolute Gasteiger partial charge is 0.345 e. The Hall–Kier alpha value is -2.97. The van der Waals surface area contributed by atoms with Crippen molar-refractivity contribution in [1.82, 2.24) is 0 Å². The van der Waals surface area contributed by atoms with Gasteiger partial charge in [-0.15, -0.1) is 0 Å². The van der Waals surface area contributed by atoms with E-state index in [0.29, 0.717) is 21.3 Å². The van der Waals surface area contributed by atoms with Gasteiger partial charge in [0.1, 0.15) is 0 Å². The first-order chi connectivity index (χ1) is 16.3. The van der Waals surface area contributed by atoms with Gasteiger partial charge in [-0.2, -0.15) is 0 Å². The van der Waals surface area contributed by atoms with Gasteiger partial charge < -0.3 is 9.47 Å². The molecular weight excluding hydrogens is 521 g/mol. The first kappa shape index (κ1) is 24.2. The Morgan fingerprint density at radius 3 is 2.29 bits per heavy atom. The molecule has 1 aliphatic heterocycles. The standard InChI is InChI=1S/C24H14Cl3NO5S/c1-32-20-10-13(2-9-19(20)33-23(30)17-8-5-15(26)12-18(17)27)11-21-22(29)28(24(31)34-21)16-6-3-14(25)4-7-16/h2-12H,1H3/b21-11-. The molecule has 0 N–H and O–H groups in total. The number of thioether (sulfide) groups is 1. The third-order valence-corrected chi connectivity index (χ3v) is 6.39. The number of carbonyl (C=O) groups is 3. The molecule has 10 heteroatoms. The minimum absolute atomic E-state index is 0.146. The van der Waals surface area contributed by atoms with Crippen molar-refractivity contribution < 1.29 is 23.9 Å². The fraction of sp³-hybridized carbons (Fsp3) is 0.0417. The normalized spacial score (nSPS) is 14.6. The van der Waals surface area contributed by atoms with Crippen molar-refractivity contribution in [1.29, 1.82) is 0 Å². The van der Waals surface area contributed by atoms with E-state index in [2.05, 4.69) is 0 Å². The molecule has 34 heavy (non-hydrogen) atoms. The Bertz CT molecular complexity index is 1340. The van der Waals surface area contributed by atoms with Crippen molar-refractivity contribution in [3.05, 3.63) is 91.8 Å². The van der Waals surface area contributed by atoms with Crippen LogP contribution in [0, 0.1) is 0 Å². The predicted octanol–water partition coefficient (Wildman–Crippen LogP) is 7.12. The van der Waals surface area contributed by atoms with Crippen molar-refractivity contribution >= 4 is 75.4 Å². The molecule has 0 bridgehead atoms. The largest absolute Gasteiger partial charge is 0.493 e. The number of hydrogen-bond donors (Lipinski definition) is 0. The van der Waals surface area contributed by atoms with E-state index in [-0.39, 0.29) is 27.0 Å². The van der Waals surface area contributed by atoms with E-state index in [9.17, 15) is 14.4 Å². The van der Waals surface area contributed by atoms with Crippen LogP contribution in [0.3, 0.4) is 0 Å². The minimum Gasteiger partial charge on any atom is -0.493 e. The average molecular weight is 535 g/mol. The van der Waals surface area contributed by atoms with E-state index >= 15 is 0 Å². The number of methoxy groups -OCH3 is 1. The summed E-state index contributed by atoms with van der Waals surface area (Å²) in [6, 6.07) is 15.6. The molecule has 0 aliphatic carbocycles. The van der Waals surface area contributed by atoms with Crippen molar-refractivity contribution in [3.63, 3.8) is 0 Å². The zero-order valence-corrected chi connectivity index (χ0v) is 20.5. The number of amides is 2. The second-order valence-corrected chi connectivity index (χ2v) is 9.19. The minimum atomic E-state index is -0.684. The van der Waals surface area contributed by atoms with Gasteiger partial charge in [0.2, 0.25) is 0 Å². The van der Waals surface area contributed by atoms with E-state index in [4.69, 9.17) is 44.3 Å². The van der Waals surface area contributed by atoms with Gasteiger partial charge in [0, 0.05) is 10.0 Å². The van der Waals surface area contributed by atoms with Crippen molar-refractivity contribution in [2.45, 2.75) is 0 Å². The molecule has 0 atom stereocenters. The van der Waals surface area contributed by atoms with E-state index in [1.54, 1.807) is 42.5 Å². The van der Waals surface area contributed by atoms with Crippen LogP contribution < -0.4 is 14.4 Å². The summed E-state index contributed by atoms with van der Waals surface area (Å²) in [5.41, 5.74) is 1.15. The zero-order chi connectivity index (χ0) is 24.4. The molecular formula is C24H14Cl3NO5S. The number of hydrogen-bond acceptors (Lipinski definition) is 6. The number of ether oxygens (including phenoxy) is 2. The van der Waals surface area contributed by atoms with Crippen LogP contribution in [0.2, 0.25) is 15.1 Å². The van der Waals surface area contributed by atoms with E-state index in [0.717, 1.165) is 16.7 Å². The second kappa shape index (κ2) is 10.1. The number of esters is 1. The average Bonchev–Trinajstić information content (AvgIpc) is 3.08. The van der Waals surface area contributed by atoms with Gasteiger partial charge in [-0.05, 0) is 78.0 Å². The van der Waals surface area contributed by atoms with Crippen LogP contribution in [0.5, 0.6) is 11.5 Å². The van der Waals surface area contributed by atoms with Crippen LogP contribution in [0.1, 0.15) is 15.9 Å². The topological polar surface area (TPSA) is 72.9 Å². The summed E-state index contributed by atoms with van der Waals surface area (Å²) in [6.45, 7) is 0. The molecule has 0 saturated carbocycles.